The fourth-order valence-electron chi connectivity index (χ4n) is 6.07. The van der Waals surface area contributed by atoms with E-state index in [1.165, 1.54) is 62.5 Å². The van der Waals surface area contributed by atoms with Gasteiger partial charge in [0.2, 0.25) is 0 Å². The molecular formula is C29H40N6O. The molecule has 5 heterocycles. The maximum absolute atomic E-state index is 6.03. The summed E-state index contributed by atoms with van der Waals surface area (Å²) in [5.41, 5.74) is 6.46. The Balaban J connectivity index is 1.44. The van der Waals surface area contributed by atoms with Gasteiger partial charge in [-0.3, -0.25) is 0 Å². The first-order chi connectivity index (χ1) is 17.7. The Morgan fingerprint density at radius 1 is 0.917 bits per heavy atom. The summed E-state index contributed by atoms with van der Waals surface area (Å²) in [5, 5.41) is 9.02. The van der Waals surface area contributed by atoms with Crippen LogP contribution >= 0.6 is 0 Å². The summed E-state index contributed by atoms with van der Waals surface area (Å²) in [5.74, 6) is 3.20. The zero-order chi connectivity index (χ0) is 24.5. The van der Waals surface area contributed by atoms with Gasteiger partial charge in [-0.2, -0.15) is 9.61 Å². The minimum atomic E-state index is 0.492. The normalized spacial score (nSPS) is 25.6. The van der Waals surface area contributed by atoms with Gasteiger partial charge in [-0.1, -0.05) is 31.3 Å². The van der Waals surface area contributed by atoms with Gasteiger partial charge < -0.3 is 15.0 Å². The van der Waals surface area contributed by atoms with E-state index in [4.69, 9.17) is 19.8 Å². The lowest BCUT2D eigenvalue weighted by atomic mass is 9.96. The van der Waals surface area contributed by atoms with Gasteiger partial charge in [0.25, 0.3) is 0 Å². The summed E-state index contributed by atoms with van der Waals surface area (Å²) in [6.45, 7) is 7.38. The summed E-state index contributed by atoms with van der Waals surface area (Å²) in [6, 6.07) is 4.86. The van der Waals surface area contributed by atoms with Crippen molar-refractivity contribution in [3.8, 4) is 0 Å². The molecule has 0 unspecified atom stereocenters. The second-order valence-electron chi connectivity index (χ2n) is 11.0. The van der Waals surface area contributed by atoms with Crippen LogP contribution in [0.2, 0.25) is 0 Å². The highest BCUT2D eigenvalue weighted by molar-refractivity contribution is 6.12. The maximum atomic E-state index is 6.03. The van der Waals surface area contributed by atoms with Crippen LogP contribution in [0.5, 0.6) is 0 Å². The Kier molecular flexibility index (Phi) is 6.72. The molecule has 192 valence electrons. The Morgan fingerprint density at radius 2 is 1.72 bits per heavy atom. The summed E-state index contributed by atoms with van der Waals surface area (Å²) in [7, 11) is 0. The number of fused-ring (bicyclic) bond motifs is 1. The van der Waals surface area contributed by atoms with Crippen LogP contribution in [0.1, 0.15) is 96.6 Å². The molecule has 0 radical (unpaired) electrons. The molecule has 0 bridgehead atoms. The van der Waals surface area contributed by atoms with Crippen molar-refractivity contribution in [1.29, 1.82) is 0 Å². The van der Waals surface area contributed by atoms with Gasteiger partial charge in [0, 0.05) is 37.7 Å². The zero-order valence-corrected chi connectivity index (χ0v) is 22.0. The summed E-state index contributed by atoms with van der Waals surface area (Å²) in [4.78, 5) is 12.7. The van der Waals surface area contributed by atoms with Crippen LogP contribution < -0.4 is 10.2 Å². The molecule has 7 nitrogen and oxygen atoms in total. The van der Waals surface area contributed by atoms with Crippen LogP contribution in [0.3, 0.4) is 0 Å². The van der Waals surface area contributed by atoms with E-state index in [9.17, 15) is 0 Å². The summed E-state index contributed by atoms with van der Waals surface area (Å²) >= 11 is 0. The Morgan fingerprint density at radius 3 is 2.53 bits per heavy atom. The van der Waals surface area contributed by atoms with E-state index in [-0.39, 0.29) is 0 Å². The van der Waals surface area contributed by atoms with Crippen molar-refractivity contribution in [2.75, 3.05) is 29.9 Å². The fourth-order valence-corrected chi connectivity index (χ4v) is 6.07. The topological polar surface area (TPSA) is 67.1 Å². The third-order valence-corrected chi connectivity index (χ3v) is 8.42. The molecule has 6 rings (SSSR count). The molecule has 0 spiro atoms. The highest BCUT2D eigenvalue weighted by atomic mass is 16.5. The SMILES string of the molecule is C/C1=C(C)\C(c2cc3nc(N4CCCC4)cc(NC4CCCCCC4)n3n2)=N/C2=C(CC1)OCCC2. The van der Waals surface area contributed by atoms with Gasteiger partial charge >= 0.3 is 0 Å². The molecule has 1 N–H and O–H groups in total. The number of hydrogen-bond acceptors (Lipinski definition) is 6. The van der Waals surface area contributed by atoms with Gasteiger partial charge in [0.1, 0.15) is 23.1 Å². The second-order valence-corrected chi connectivity index (χ2v) is 11.0. The monoisotopic (exact) mass is 488 g/mol. The molecule has 0 atom stereocenters. The van der Waals surface area contributed by atoms with E-state index >= 15 is 0 Å². The Hall–Kier alpha value is -2.83. The van der Waals surface area contributed by atoms with Crippen molar-refractivity contribution in [3.63, 3.8) is 0 Å². The molecule has 4 aliphatic rings. The molecule has 2 aromatic heterocycles. The molecule has 1 saturated carbocycles. The second kappa shape index (κ2) is 10.3. The molecule has 36 heavy (non-hydrogen) atoms. The largest absolute Gasteiger partial charge is 0.496 e. The zero-order valence-electron chi connectivity index (χ0n) is 22.0. The Labute approximate surface area is 214 Å². The summed E-state index contributed by atoms with van der Waals surface area (Å²) < 4.78 is 8.05. The van der Waals surface area contributed by atoms with Crippen molar-refractivity contribution >= 4 is 23.0 Å². The third-order valence-electron chi connectivity index (χ3n) is 8.42. The van der Waals surface area contributed by atoms with Crippen LogP contribution in [-0.4, -0.2) is 46.0 Å². The number of rotatable bonds is 4. The molecule has 3 aliphatic heterocycles. The lowest BCUT2D eigenvalue weighted by molar-refractivity contribution is 0.177. The number of anilines is 2. The molecule has 1 saturated heterocycles. The average Bonchev–Trinajstić information content (AvgIpc) is 3.51. The quantitative estimate of drug-likeness (QED) is 0.504. The predicted octanol–water partition coefficient (Wildman–Crippen LogP) is 6.41. The van der Waals surface area contributed by atoms with Crippen LogP contribution in [0.25, 0.3) is 5.65 Å². The van der Waals surface area contributed by atoms with Crippen LogP contribution in [0.4, 0.5) is 11.6 Å². The summed E-state index contributed by atoms with van der Waals surface area (Å²) in [6.07, 6.45) is 14.2. The number of aliphatic imine (C=N–C) groups is 1. The fraction of sp³-hybridized carbons (Fsp3) is 0.621. The van der Waals surface area contributed by atoms with Crippen LogP contribution in [0.15, 0.2) is 39.7 Å². The highest BCUT2D eigenvalue weighted by Gasteiger charge is 2.24. The number of nitrogens with zero attached hydrogens (tertiary/aromatic N) is 5. The van der Waals surface area contributed by atoms with Crippen molar-refractivity contribution in [1.82, 2.24) is 14.6 Å². The molecular weight excluding hydrogens is 448 g/mol. The Bertz CT molecular complexity index is 1210. The number of aromatic nitrogens is 3. The first-order valence-corrected chi connectivity index (χ1v) is 14.2. The van der Waals surface area contributed by atoms with Crippen molar-refractivity contribution in [3.05, 3.63) is 40.4 Å². The number of hydrogen-bond donors (Lipinski definition) is 1. The van der Waals surface area contributed by atoms with Gasteiger partial charge in [-0.15, -0.1) is 0 Å². The lowest BCUT2D eigenvalue weighted by Gasteiger charge is -2.22. The van der Waals surface area contributed by atoms with E-state index in [2.05, 4.69) is 36.2 Å². The van der Waals surface area contributed by atoms with E-state index < -0.39 is 0 Å². The highest BCUT2D eigenvalue weighted by Crippen LogP contribution is 2.32. The smallest absolute Gasteiger partial charge is 0.160 e. The first-order valence-electron chi connectivity index (χ1n) is 14.2. The molecule has 0 amide bonds. The van der Waals surface area contributed by atoms with E-state index in [1.54, 1.807) is 0 Å². The van der Waals surface area contributed by atoms with Crippen molar-refractivity contribution in [2.45, 2.75) is 96.9 Å². The van der Waals surface area contributed by atoms with Gasteiger partial charge in [-0.25, -0.2) is 9.98 Å². The average molecular weight is 489 g/mol. The first kappa shape index (κ1) is 23.6. The minimum absolute atomic E-state index is 0.492. The number of ether oxygens (including phenoxy) is 1. The molecule has 1 aliphatic carbocycles. The third kappa shape index (κ3) is 4.76. The maximum Gasteiger partial charge on any atom is 0.160 e. The van der Waals surface area contributed by atoms with Crippen molar-refractivity contribution in [2.24, 2.45) is 4.99 Å². The predicted molar refractivity (Wildman–Crippen MR) is 146 cm³/mol. The van der Waals surface area contributed by atoms with E-state index in [0.29, 0.717) is 6.04 Å². The lowest BCUT2D eigenvalue weighted by Crippen LogP contribution is -2.23. The van der Waals surface area contributed by atoms with Gasteiger partial charge in [0.05, 0.1) is 18.0 Å². The number of allylic oxidation sites excluding steroid dienone is 4. The molecule has 2 aromatic rings. The van der Waals surface area contributed by atoms with Gasteiger partial charge in [0.15, 0.2) is 5.65 Å². The molecule has 2 fully saturated rings. The minimum Gasteiger partial charge on any atom is -0.496 e. The molecule has 0 aromatic carbocycles. The standard InChI is InChI=1S/C29H40N6O/c1-20-13-14-25-23(12-9-17-36-25)31-29(21(20)2)24-18-27-32-26(34-15-7-8-16-34)19-28(35(27)33-24)30-22-10-5-3-4-6-11-22/h18-19,22,30H,3-17H2,1-2H3/b21-20+,31-29+. The van der Waals surface area contributed by atoms with E-state index in [1.807, 2.05) is 4.52 Å². The van der Waals surface area contributed by atoms with Crippen molar-refractivity contribution < 1.29 is 4.74 Å². The van der Waals surface area contributed by atoms with Crippen LogP contribution in [-0.2, 0) is 4.74 Å². The van der Waals surface area contributed by atoms with Crippen LogP contribution in [0, 0.1) is 0 Å². The van der Waals surface area contributed by atoms with Gasteiger partial charge in [-0.05, 0) is 64.4 Å². The number of nitrogens with one attached hydrogen (secondary N) is 1. The van der Waals surface area contributed by atoms with E-state index in [0.717, 1.165) is 85.5 Å². The molecule has 7 heteroatoms.